The highest BCUT2D eigenvalue weighted by molar-refractivity contribution is 7.91. The molecular formula is C36H34N2O6S. The molecule has 0 bridgehead atoms. The molecule has 8 nitrogen and oxygen atoms in total. The van der Waals surface area contributed by atoms with Crippen molar-refractivity contribution in [2.45, 2.75) is 29.4 Å². The minimum Gasteiger partial charge on any atom is -0.494 e. The number of aliphatic imine (C=N–C) groups is 1. The number of carbonyl (C=O) groups excluding carboxylic acids is 1. The Balaban J connectivity index is 1.37. The molecule has 2 aliphatic heterocycles. The molecule has 2 aliphatic rings. The lowest BCUT2D eigenvalue weighted by Crippen LogP contribution is -2.55. The molecule has 0 saturated heterocycles. The van der Waals surface area contributed by atoms with Crippen LogP contribution in [0.1, 0.15) is 35.6 Å². The number of ether oxygens (including phenoxy) is 2. The Kier molecular flexibility index (Phi) is 8.82. The van der Waals surface area contributed by atoms with Crippen molar-refractivity contribution in [2.75, 3.05) is 30.4 Å². The number of anilines is 1. The zero-order valence-corrected chi connectivity index (χ0v) is 25.5. The highest BCUT2D eigenvalue weighted by Crippen LogP contribution is 2.50. The third-order valence-corrected chi connectivity index (χ3v) is 9.70. The highest BCUT2D eigenvalue weighted by atomic mass is 32.2. The summed E-state index contributed by atoms with van der Waals surface area (Å²) in [4.78, 5) is 21.4. The van der Waals surface area contributed by atoms with Gasteiger partial charge in [-0.3, -0.25) is 4.79 Å². The van der Waals surface area contributed by atoms with Crippen LogP contribution in [0, 0.1) is 0 Å². The molecule has 4 aromatic carbocycles. The van der Waals surface area contributed by atoms with Crippen LogP contribution in [0.15, 0.2) is 125 Å². The normalized spacial score (nSPS) is 19.1. The van der Waals surface area contributed by atoms with Gasteiger partial charge in [-0.05, 0) is 48.0 Å². The summed E-state index contributed by atoms with van der Waals surface area (Å²) in [5.74, 6) is 0.423. The summed E-state index contributed by atoms with van der Waals surface area (Å²) >= 11 is 0. The summed E-state index contributed by atoms with van der Waals surface area (Å²) in [5.41, 5.74) is 1.71. The van der Waals surface area contributed by atoms with E-state index in [1.54, 1.807) is 47.4 Å². The second kappa shape index (κ2) is 13.1. The van der Waals surface area contributed by atoms with Crippen LogP contribution in [0.2, 0.25) is 0 Å². The van der Waals surface area contributed by atoms with E-state index >= 15 is 0 Å². The number of benzene rings is 4. The number of hydrogen-bond acceptors (Lipinski definition) is 7. The monoisotopic (exact) mass is 622 g/mol. The SMILES string of the molecule is O=C1N(CCS(=O)(=O)c2ccccc2)c2ccccc2[C@@H]2OC(c3ccc(OCCCO)cc3)=N[C@]12C/C=C/c1ccccc1. The fourth-order valence-electron chi connectivity index (χ4n) is 5.69. The second-order valence-electron chi connectivity index (χ2n) is 11.0. The van der Waals surface area contributed by atoms with Crippen LogP contribution in [-0.4, -0.2) is 56.4 Å². The van der Waals surface area contributed by atoms with E-state index in [0.29, 0.717) is 35.9 Å². The van der Waals surface area contributed by atoms with E-state index < -0.39 is 21.5 Å². The molecule has 4 aromatic rings. The number of aliphatic hydroxyl groups excluding tert-OH is 1. The molecule has 0 aliphatic carbocycles. The average Bonchev–Trinajstić information content (AvgIpc) is 3.47. The molecule has 1 amide bonds. The molecule has 45 heavy (non-hydrogen) atoms. The Bertz CT molecular complexity index is 1810. The largest absolute Gasteiger partial charge is 0.494 e. The molecule has 0 fully saturated rings. The van der Waals surface area contributed by atoms with E-state index in [1.165, 1.54) is 0 Å². The molecule has 0 unspecified atom stereocenters. The summed E-state index contributed by atoms with van der Waals surface area (Å²) in [6.45, 7) is 0.414. The molecule has 9 heteroatoms. The van der Waals surface area contributed by atoms with Crippen LogP contribution in [0.5, 0.6) is 5.75 Å². The first-order chi connectivity index (χ1) is 21.9. The molecule has 230 valence electrons. The van der Waals surface area contributed by atoms with Gasteiger partial charge in [0.2, 0.25) is 5.90 Å². The fraction of sp³-hybridized carbons (Fsp3) is 0.222. The molecule has 1 N–H and O–H groups in total. The number of carbonyl (C=O) groups is 1. The minimum atomic E-state index is -3.65. The molecule has 0 spiro atoms. The van der Waals surface area contributed by atoms with Crippen molar-refractivity contribution in [3.05, 3.63) is 132 Å². The van der Waals surface area contributed by atoms with E-state index in [9.17, 15) is 13.2 Å². The van der Waals surface area contributed by atoms with Crippen molar-refractivity contribution in [2.24, 2.45) is 4.99 Å². The first kappa shape index (κ1) is 30.3. The zero-order valence-electron chi connectivity index (χ0n) is 24.7. The number of amides is 1. The van der Waals surface area contributed by atoms with Crippen LogP contribution in [0.4, 0.5) is 5.69 Å². The fourth-order valence-corrected chi connectivity index (χ4v) is 6.92. The van der Waals surface area contributed by atoms with E-state index in [4.69, 9.17) is 19.6 Å². The molecule has 0 saturated carbocycles. The summed E-state index contributed by atoms with van der Waals surface area (Å²) in [6, 6.07) is 32.8. The number of fused-ring (bicyclic) bond motifs is 3. The predicted molar refractivity (Wildman–Crippen MR) is 174 cm³/mol. The first-order valence-electron chi connectivity index (χ1n) is 14.9. The molecule has 2 atom stereocenters. The maximum atomic E-state index is 14.6. The Morgan fingerprint density at radius 1 is 0.911 bits per heavy atom. The van der Waals surface area contributed by atoms with Crippen molar-refractivity contribution in [1.82, 2.24) is 0 Å². The van der Waals surface area contributed by atoms with Gasteiger partial charge in [-0.1, -0.05) is 78.9 Å². The van der Waals surface area contributed by atoms with E-state index in [0.717, 1.165) is 11.1 Å². The van der Waals surface area contributed by atoms with Crippen LogP contribution in [0.3, 0.4) is 0 Å². The van der Waals surface area contributed by atoms with Gasteiger partial charge in [-0.15, -0.1) is 0 Å². The maximum Gasteiger partial charge on any atom is 0.259 e. The number of nitrogens with zero attached hydrogens (tertiary/aromatic N) is 2. The molecule has 6 rings (SSSR count). The van der Waals surface area contributed by atoms with E-state index in [1.807, 2.05) is 78.9 Å². The lowest BCUT2D eigenvalue weighted by atomic mass is 9.79. The zero-order chi connectivity index (χ0) is 31.3. The third-order valence-electron chi connectivity index (χ3n) is 7.99. The van der Waals surface area contributed by atoms with Gasteiger partial charge < -0.3 is 19.5 Å². The van der Waals surface area contributed by atoms with Crippen LogP contribution in [0.25, 0.3) is 6.08 Å². The smallest absolute Gasteiger partial charge is 0.259 e. The topological polar surface area (TPSA) is 106 Å². The van der Waals surface area contributed by atoms with Crippen molar-refractivity contribution in [1.29, 1.82) is 0 Å². The van der Waals surface area contributed by atoms with Gasteiger partial charge in [-0.25, -0.2) is 13.4 Å². The van der Waals surface area contributed by atoms with Gasteiger partial charge in [0.05, 0.1) is 22.9 Å². The van der Waals surface area contributed by atoms with Crippen LogP contribution >= 0.6 is 0 Å². The van der Waals surface area contributed by atoms with Crippen LogP contribution < -0.4 is 9.64 Å². The second-order valence-corrected chi connectivity index (χ2v) is 13.1. The lowest BCUT2D eigenvalue weighted by Gasteiger charge is -2.41. The van der Waals surface area contributed by atoms with Crippen LogP contribution in [-0.2, 0) is 19.4 Å². The summed E-state index contributed by atoms with van der Waals surface area (Å²) in [7, 11) is -3.65. The predicted octanol–water partition coefficient (Wildman–Crippen LogP) is 5.63. The molecular weight excluding hydrogens is 588 g/mol. The Labute approximate surface area is 263 Å². The van der Waals surface area contributed by atoms with Crippen molar-refractivity contribution in [3.8, 4) is 5.75 Å². The minimum absolute atomic E-state index is 0.0331. The van der Waals surface area contributed by atoms with Gasteiger partial charge in [-0.2, -0.15) is 0 Å². The summed E-state index contributed by atoms with van der Waals surface area (Å²) < 4.78 is 38.7. The Morgan fingerprint density at radius 2 is 1.60 bits per heavy atom. The van der Waals surface area contributed by atoms with Gasteiger partial charge >= 0.3 is 0 Å². The third kappa shape index (κ3) is 6.27. The van der Waals surface area contributed by atoms with Gasteiger partial charge in [0, 0.05) is 37.1 Å². The molecule has 0 radical (unpaired) electrons. The lowest BCUT2D eigenvalue weighted by molar-refractivity contribution is -0.126. The Hall–Kier alpha value is -4.73. The first-order valence-corrected chi connectivity index (χ1v) is 16.6. The van der Waals surface area contributed by atoms with E-state index in [2.05, 4.69) is 0 Å². The summed E-state index contributed by atoms with van der Waals surface area (Å²) in [6.07, 6.45) is 3.95. The number of para-hydroxylation sites is 1. The van der Waals surface area contributed by atoms with Gasteiger partial charge in [0.15, 0.2) is 21.5 Å². The number of hydrogen-bond donors (Lipinski definition) is 1. The quantitative estimate of drug-likeness (QED) is 0.206. The van der Waals surface area contributed by atoms with Crippen molar-refractivity contribution in [3.63, 3.8) is 0 Å². The maximum absolute atomic E-state index is 14.6. The molecule has 2 heterocycles. The van der Waals surface area contributed by atoms with Crippen molar-refractivity contribution >= 4 is 33.4 Å². The van der Waals surface area contributed by atoms with E-state index in [-0.39, 0.29) is 36.1 Å². The van der Waals surface area contributed by atoms with Gasteiger partial charge in [0.1, 0.15) is 5.75 Å². The van der Waals surface area contributed by atoms with Crippen molar-refractivity contribution < 1.29 is 27.8 Å². The number of sulfone groups is 1. The highest BCUT2D eigenvalue weighted by Gasteiger charge is 2.58. The number of rotatable bonds is 12. The Morgan fingerprint density at radius 3 is 2.33 bits per heavy atom. The average molecular weight is 623 g/mol. The standard InChI is InChI=1S/C36H34N2O6S/c39-24-10-25-43-29-20-18-28(19-21-29)34-37-36(22-9-13-27-11-3-1-4-12-27)33(44-34)31-16-7-8-17-32(31)38(35(36)40)23-26-45(41,42)30-14-5-2-6-15-30/h1-9,11-21,33,39H,10,22-26H2/b13-9+/t33-,36-/m0/s1. The summed E-state index contributed by atoms with van der Waals surface area (Å²) in [5, 5.41) is 9.04. The number of aliphatic hydroxyl groups is 1. The van der Waals surface area contributed by atoms with Gasteiger partial charge in [0.25, 0.3) is 5.91 Å². The molecule has 0 aromatic heterocycles.